The molecule has 2 aliphatic rings. The lowest BCUT2D eigenvalue weighted by Crippen LogP contribution is -2.13. The lowest BCUT2D eigenvalue weighted by molar-refractivity contribution is 0.436. The Hall–Kier alpha value is -0.260. The van der Waals surface area contributed by atoms with Gasteiger partial charge in [0.2, 0.25) is 0 Å². The molecular weight excluding hydrogens is 120 g/mol. The summed E-state index contributed by atoms with van der Waals surface area (Å²) in [5.74, 6) is 0.905. The molecule has 0 spiro atoms. The summed E-state index contributed by atoms with van der Waals surface area (Å²) in [5.41, 5.74) is 1.55. The summed E-state index contributed by atoms with van der Waals surface area (Å²) in [5, 5.41) is 0. The van der Waals surface area contributed by atoms with Crippen LogP contribution in [0.25, 0.3) is 0 Å². The Morgan fingerprint density at radius 2 is 2.20 bits per heavy atom. The minimum Gasteiger partial charge on any atom is -0.0844 e. The van der Waals surface area contributed by atoms with Crippen LogP contribution in [-0.4, -0.2) is 0 Å². The van der Waals surface area contributed by atoms with Crippen LogP contribution in [-0.2, 0) is 0 Å². The highest BCUT2D eigenvalue weighted by atomic mass is 14.3. The second-order valence-corrected chi connectivity index (χ2v) is 3.36. The van der Waals surface area contributed by atoms with Crippen molar-refractivity contribution >= 4 is 0 Å². The average Bonchev–Trinajstić information content (AvgIpc) is 2.05. The van der Waals surface area contributed by atoms with Gasteiger partial charge in [0, 0.05) is 6.42 Å². The van der Waals surface area contributed by atoms with Crippen molar-refractivity contribution in [2.24, 2.45) is 5.92 Å². The highest BCUT2D eigenvalue weighted by molar-refractivity contribution is 5.21. The van der Waals surface area contributed by atoms with E-state index in [1.165, 1.54) is 38.5 Å². The predicted molar refractivity (Wildman–Crippen MR) is 42.5 cm³/mol. The molecule has 0 saturated heterocycles. The van der Waals surface area contributed by atoms with Crippen LogP contribution in [0.2, 0.25) is 0 Å². The van der Waals surface area contributed by atoms with Gasteiger partial charge in [-0.3, -0.25) is 0 Å². The molecule has 54 valence electrons. The molecule has 10 heavy (non-hydrogen) atoms. The van der Waals surface area contributed by atoms with E-state index in [4.69, 9.17) is 0 Å². The Morgan fingerprint density at radius 1 is 1.30 bits per heavy atom. The maximum atomic E-state index is 3.48. The van der Waals surface area contributed by atoms with E-state index in [0.29, 0.717) is 0 Å². The van der Waals surface area contributed by atoms with E-state index in [9.17, 15) is 0 Å². The van der Waals surface area contributed by atoms with E-state index >= 15 is 0 Å². The molecule has 0 aromatic heterocycles. The van der Waals surface area contributed by atoms with Crippen LogP contribution in [0.15, 0.2) is 11.6 Å². The van der Waals surface area contributed by atoms with Gasteiger partial charge in [0.1, 0.15) is 0 Å². The third kappa shape index (κ3) is 1.12. The Morgan fingerprint density at radius 3 is 3.10 bits per heavy atom. The summed E-state index contributed by atoms with van der Waals surface area (Å²) in [6.07, 6.45) is 14.0. The van der Waals surface area contributed by atoms with Gasteiger partial charge in [-0.15, -0.1) is 0 Å². The number of rotatable bonds is 0. The summed E-state index contributed by atoms with van der Waals surface area (Å²) in [6, 6.07) is 0. The van der Waals surface area contributed by atoms with E-state index in [0.717, 1.165) is 5.92 Å². The maximum Gasteiger partial charge on any atom is 0.0119 e. The van der Waals surface area contributed by atoms with Crippen molar-refractivity contribution < 1.29 is 0 Å². The van der Waals surface area contributed by atoms with Crippen molar-refractivity contribution in [1.82, 2.24) is 0 Å². The zero-order chi connectivity index (χ0) is 6.81. The van der Waals surface area contributed by atoms with Crippen molar-refractivity contribution in [1.29, 1.82) is 0 Å². The summed E-state index contributed by atoms with van der Waals surface area (Å²) in [6.45, 7) is 0. The first-order chi connectivity index (χ1) is 4.97. The Labute approximate surface area is 63.3 Å². The fourth-order valence-corrected chi connectivity index (χ4v) is 2.04. The van der Waals surface area contributed by atoms with E-state index in [1.54, 1.807) is 5.57 Å². The maximum absolute atomic E-state index is 3.48. The quantitative estimate of drug-likeness (QED) is 0.478. The van der Waals surface area contributed by atoms with Gasteiger partial charge in [0.15, 0.2) is 0 Å². The first kappa shape index (κ1) is 6.45. The lowest BCUT2D eigenvalue weighted by atomic mass is 9.78. The fourth-order valence-electron chi connectivity index (χ4n) is 2.04. The van der Waals surface area contributed by atoms with E-state index < -0.39 is 0 Å². The lowest BCUT2D eigenvalue weighted by Gasteiger charge is -2.27. The predicted octanol–water partition coefficient (Wildman–Crippen LogP) is 2.98. The van der Waals surface area contributed by atoms with Gasteiger partial charge in [0.05, 0.1) is 0 Å². The summed E-state index contributed by atoms with van der Waals surface area (Å²) in [7, 11) is 0. The first-order valence-corrected chi connectivity index (χ1v) is 4.41. The SMILES string of the molecule is [C]1CCCC2CCCC=C12. The van der Waals surface area contributed by atoms with Gasteiger partial charge in [-0.1, -0.05) is 18.1 Å². The molecule has 1 unspecified atom stereocenters. The molecule has 1 atom stereocenters. The molecular formula is C10H14. The third-order valence-corrected chi connectivity index (χ3v) is 2.62. The normalized spacial score (nSPS) is 32.8. The molecule has 2 aliphatic carbocycles. The highest BCUT2D eigenvalue weighted by Gasteiger charge is 2.20. The standard InChI is InChI=1S/C10H14/c1-2-6-10-8-4-3-7-9(10)5-1/h5,10H,1-4,6,8H2. The molecule has 0 aromatic carbocycles. The molecule has 0 aromatic rings. The molecule has 2 rings (SSSR count). The van der Waals surface area contributed by atoms with Crippen molar-refractivity contribution in [2.75, 3.05) is 0 Å². The molecule has 0 amide bonds. The number of fused-ring (bicyclic) bond motifs is 1. The molecule has 0 N–H and O–H groups in total. The van der Waals surface area contributed by atoms with Crippen molar-refractivity contribution in [3.05, 3.63) is 18.1 Å². The number of hydrogen-bond acceptors (Lipinski definition) is 0. The van der Waals surface area contributed by atoms with Crippen LogP contribution < -0.4 is 0 Å². The van der Waals surface area contributed by atoms with Gasteiger partial charge >= 0.3 is 0 Å². The van der Waals surface area contributed by atoms with Gasteiger partial charge in [-0.05, 0) is 38.0 Å². The molecule has 0 bridgehead atoms. The molecule has 0 heterocycles. The van der Waals surface area contributed by atoms with Crippen molar-refractivity contribution in [3.63, 3.8) is 0 Å². The van der Waals surface area contributed by atoms with Gasteiger partial charge in [-0.25, -0.2) is 0 Å². The molecule has 0 heteroatoms. The Bertz CT molecular complexity index is 144. The van der Waals surface area contributed by atoms with Crippen LogP contribution in [0.4, 0.5) is 0 Å². The second-order valence-electron chi connectivity index (χ2n) is 3.36. The largest absolute Gasteiger partial charge is 0.0844 e. The minimum absolute atomic E-state index is 0.905. The summed E-state index contributed by atoms with van der Waals surface area (Å²) >= 11 is 0. The van der Waals surface area contributed by atoms with Gasteiger partial charge < -0.3 is 0 Å². The zero-order valence-electron chi connectivity index (χ0n) is 6.40. The Balaban J connectivity index is 2.08. The van der Waals surface area contributed by atoms with Crippen LogP contribution in [0.1, 0.15) is 38.5 Å². The fraction of sp³-hybridized carbons (Fsp3) is 0.700. The highest BCUT2D eigenvalue weighted by Crippen LogP contribution is 2.35. The van der Waals surface area contributed by atoms with Crippen LogP contribution in [0.3, 0.4) is 0 Å². The van der Waals surface area contributed by atoms with Crippen molar-refractivity contribution in [2.45, 2.75) is 38.5 Å². The molecule has 0 aliphatic heterocycles. The summed E-state index contributed by atoms with van der Waals surface area (Å²) < 4.78 is 0. The zero-order valence-corrected chi connectivity index (χ0v) is 6.40. The van der Waals surface area contributed by atoms with E-state index in [-0.39, 0.29) is 0 Å². The molecule has 0 nitrogen and oxygen atoms in total. The molecule has 1 fully saturated rings. The molecule has 2 radical (unpaired) electrons. The van der Waals surface area contributed by atoms with Crippen LogP contribution >= 0.6 is 0 Å². The van der Waals surface area contributed by atoms with Gasteiger partial charge in [-0.2, -0.15) is 0 Å². The van der Waals surface area contributed by atoms with E-state index in [1.807, 2.05) is 0 Å². The van der Waals surface area contributed by atoms with Crippen molar-refractivity contribution in [3.8, 4) is 0 Å². The third-order valence-electron chi connectivity index (χ3n) is 2.62. The second kappa shape index (κ2) is 2.77. The van der Waals surface area contributed by atoms with Crippen LogP contribution in [0.5, 0.6) is 0 Å². The smallest absolute Gasteiger partial charge is 0.0119 e. The summed E-state index contributed by atoms with van der Waals surface area (Å²) in [4.78, 5) is 0. The first-order valence-electron chi connectivity index (χ1n) is 4.41. The Kier molecular flexibility index (Phi) is 1.79. The van der Waals surface area contributed by atoms with E-state index in [2.05, 4.69) is 12.5 Å². The minimum atomic E-state index is 0.905. The monoisotopic (exact) mass is 134 g/mol. The number of allylic oxidation sites excluding steroid dienone is 2. The average molecular weight is 134 g/mol. The molecule has 1 saturated carbocycles. The number of hydrogen-bond donors (Lipinski definition) is 0. The van der Waals surface area contributed by atoms with Crippen LogP contribution in [0, 0.1) is 12.3 Å². The van der Waals surface area contributed by atoms with Gasteiger partial charge in [0.25, 0.3) is 0 Å². The topological polar surface area (TPSA) is 0 Å².